The molecule has 2 atom stereocenters. The summed E-state index contributed by atoms with van der Waals surface area (Å²) in [5.41, 5.74) is 1.47. The van der Waals surface area contributed by atoms with Gasteiger partial charge in [-0.2, -0.15) is 0 Å². The van der Waals surface area contributed by atoms with E-state index in [1.54, 1.807) is 0 Å². The summed E-state index contributed by atoms with van der Waals surface area (Å²) in [6, 6.07) is 1.47. The minimum absolute atomic E-state index is 0.736. The maximum atomic E-state index is 2.83. The van der Waals surface area contributed by atoms with Crippen LogP contribution in [0.1, 0.15) is 72.6 Å². The van der Waals surface area contributed by atoms with Gasteiger partial charge in [0.15, 0.2) is 0 Å². The molecule has 3 nitrogen and oxygen atoms in total. The number of piperazine rings is 1. The number of hydrogen-bond acceptors (Lipinski definition) is 3. The lowest BCUT2D eigenvalue weighted by molar-refractivity contribution is -0.0511. The average molecular weight is 362 g/mol. The van der Waals surface area contributed by atoms with Crippen LogP contribution in [0.25, 0.3) is 0 Å². The summed E-state index contributed by atoms with van der Waals surface area (Å²) in [7, 11) is 0. The fraction of sp³-hybridized carbons (Fsp3) is 1.00. The van der Waals surface area contributed by atoms with Crippen LogP contribution in [0.5, 0.6) is 0 Å². The molecule has 4 fully saturated rings. The van der Waals surface area contributed by atoms with Gasteiger partial charge in [-0.15, -0.1) is 0 Å². The maximum Gasteiger partial charge on any atom is 0.0198 e. The normalized spacial score (nSPS) is 35.5. The van der Waals surface area contributed by atoms with Crippen LogP contribution in [0.3, 0.4) is 0 Å². The molecule has 26 heavy (non-hydrogen) atoms. The molecule has 0 aromatic carbocycles. The molecule has 2 aliphatic carbocycles. The second-order valence-electron chi connectivity index (χ2n) is 10.7. The summed E-state index contributed by atoms with van der Waals surface area (Å²) >= 11 is 0. The lowest BCUT2D eigenvalue weighted by Gasteiger charge is -2.55. The summed E-state index contributed by atoms with van der Waals surface area (Å²) in [4.78, 5) is 8.27. The van der Waals surface area contributed by atoms with Crippen molar-refractivity contribution < 1.29 is 0 Å². The molecule has 2 saturated carbocycles. The number of nitrogens with zero attached hydrogens (tertiary/aromatic N) is 3. The summed E-state index contributed by atoms with van der Waals surface area (Å²) in [6.45, 7) is 18.9. The van der Waals surface area contributed by atoms with Crippen LogP contribution in [0.15, 0.2) is 0 Å². The Kier molecular flexibility index (Phi) is 5.44. The van der Waals surface area contributed by atoms with E-state index in [-0.39, 0.29) is 0 Å². The van der Waals surface area contributed by atoms with Crippen LogP contribution in [0, 0.1) is 16.7 Å². The van der Waals surface area contributed by atoms with E-state index in [0.29, 0.717) is 0 Å². The molecule has 3 heteroatoms. The van der Waals surface area contributed by atoms with E-state index in [0.717, 1.165) is 28.8 Å². The molecule has 1 spiro atoms. The van der Waals surface area contributed by atoms with Crippen molar-refractivity contribution in [2.45, 2.75) is 84.7 Å². The third-order valence-corrected chi connectivity index (χ3v) is 8.72. The highest BCUT2D eigenvalue weighted by molar-refractivity contribution is 5.01. The van der Waals surface area contributed by atoms with E-state index < -0.39 is 0 Å². The molecule has 0 amide bonds. The number of likely N-dealkylation sites (N-methyl/N-ethyl adjacent to an activating group) is 1. The van der Waals surface area contributed by atoms with Crippen LogP contribution in [0.4, 0.5) is 0 Å². The van der Waals surface area contributed by atoms with Crippen LogP contribution in [-0.2, 0) is 0 Å². The number of likely N-dealkylation sites (tertiary alicyclic amines) is 1. The van der Waals surface area contributed by atoms with Crippen LogP contribution < -0.4 is 0 Å². The van der Waals surface area contributed by atoms with Crippen molar-refractivity contribution in [1.82, 2.24) is 14.7 Å². The Balaban J connectivity index is 1.21. The predicted octanol–water partition coefficient (Wildman–Crippen LogP) is 4.08. The van der Waals surface area contributed by atoms with Crippen molar-refractivity contribution in [2.24, 2.45) is 16.7 Å². The van der Waals surface area contributed by atoms with Gasteiger partial charge in [-0.25, -0.2) is 0 Å². The minimum Gasteiger partial charge on any atom is -0.303 e. The summed E-state index contributed by atoms with van der Waals surface area (Å²) in [5, 5.41) is 0. The number of hydrogen-bond donors (Lipinski definition) is 0. The Morgan fingerprint density at radius 1 is 0.846 bits per heavy atom. The minimum atomic E-state index is 0.736. The molecule has 4 rings (SSSR count). The van der Waals surface area contributed by atoms with Crippen LogP contribution >= 0.6 is 0 Å². The van der Waals surface area contributed by atoms with Gasteiger partial charge < -0.3 is 9.80 Å². The Bertz CT molecular complexity index is 458. The second kappa shape index (κ2) is 7.37. The standard InChI is InChI=1S/C23H43N3/c1-5-22(7-8-22)18-25-11-9-23(10-12-25)13-21(14-23)17-26-19(3)15-24(6-2)16-20(26)4/h19-21H,5-18H2,1-4H3/t19-,20-/m1/s1. The monoisotopic (exact) mass is 361 g/mol. The van der Waals surface area contributed by atoms with E-state index in [1.165, 1.54) is 90.8 Å². The zero-order valence-corrected chi connectivity index (χ0v) is 18.0. The molecule has 0 bridgehead atoms. The summed E-state index contributed by atoms with van der Waals surface area (Å²) < 4.78 is 0. The van der Waals surface area contributed by atoms with Crippen molar-refractivity contribution in [3.63, 3.8) is 0 Å². The first-order chi connectivity index (χ1) is 12.5. The SMILES string of the molecule is CCN1C[C@@H](C)N(CC2CC3(CCN(CC4(CC)CC4)CC3)C2)[C@H](C)C1. The predicted molar refractivity (Wildman–Crippen MR) is 111 cm³/mol. The maximum absolute atomic E-state index is 2.83. The summed E-state index contributed by atoms with van der Waals surface area (Å²) in [5.74, 6) is 0.977. The first kappa shape index (κ1) is 19.2. The van der Waals surface area contributed by atoms with E-state index in [1.807, 2.05) is 0 Å². The van der Waals surface area contributed by atoms with E-state index in [4.69, 9.17) is 0 Å². The molecular formula is C23H43N3. The molecule has 0 aromatic heterocycles. The van der Waals surface area contributed by atoms with Gasteiger partial charge >= 0.3 is 0 Å². The molecule has 0 radical (unpaired) electrons. The Labute approximate surface area is 162 Å². The van der Waals surface area contributed by atoms with E-state index in [2.05, 4.69) is 42.4 Å². The Morgan fingerprint density at radius 3 is 1.96 bits per heavy atom. The molecule has 0 N–H and O–H groups in total. The van der Waals surface area contributed by atoms with E-state index in [9.17, 15) is 0 Å². The van der Waals surface area contributed by atoms with Gasteiger partial charge in [-0.3, -0.25) is 4.90 Å². The number of piperidine rings is 1. The molecule has 4 aliphatic rings. The van der Waals surface area contributed by atoms with Gasteiger partial charge in [0.05, 0.1) is 0 Å². The van der Waals surface area contributed by atoms with Crippen molar-refractivity contribution in [1.29, 1.82) is 0 Å². The highest BCUT2D eigenvalue weighted by Gasteiger charge is 2.48. The van der Waals surface area contributed by atoms with Gasteiger partial charge in [-0.05, 0) is 95.2 Å². The molecular weight excluding hydrogens is 318 g/mol. The van der Waals surface area contributed by atoms with Gasteiger partial charge in [0.25, 0.3) is 0 Å². The van der Waals surface area contributed by atoms with Crippen molar-refractivity contribution in [3.05, 3.63) is 0 Å². The molecule has 0 aromatic rings. The lowest BCUT2D eigenvalue weighted by Crippen LogP contribution is -2.59. The molecule has 0 unspecified atom stereocenters. The van der Waals surface area contributed by atoms with Crippen LogP contribution in [0.2, 0.25) is 0 Å². The Hall–Kier alpha value is -0.120. The van der Waals surface area contributed by atoms with Crippen molar-refractivity contribution in [3.8, 4) is 0 Å². The number of rotatable bonds is 6. The average Bonchev–Trinajstić information content (AvgIpc) is 3.38. The molecule has 2 saturated heterocycles. The quantitative estimate of drug-likeness (QED) is 0.706. The molecule has 150 valence electrons. The third kappa shape index (κ3) is 3.86. The highest BCUT2D eigenvalue weighted by Crippen LogP contribution is 2.54. The fourth-order valence-electron chi connectivity index (χ4n) is 6.54. The van der Waals surface area contributed by atoms with Crippen molar-refractivity contribution >= 4 is 0 Å². The fourth-order valence-corrected chi connectivity index (χ4v) is 6.54. The zero-order valence-electron chi connectivity index (χ0n) is 18.0. The Morgan fingerprint density at radius 2 is 1.46 bits per heavy atom. The zero-order chi connectivity index (χ0) is 18.4. The second-order valence-corrected chi connectivity index (χ2v) is 10.7. The highest BCUT2D eigenvalue weighted by atomic mass is 15.3. The summed E-state index contributed by atoms with van der Waals surface area (Å²) in [6.07, 6.45) is 10.4. The van der Waals surface area contributed by atoms with Gasteiger partial charge in [0.1, 0.15) is 0 Å². The van der Waals surface area contributed by atoms with Crippen LogP contribution in [-0.4, -0.2) is 72.6 Å². The first-order valence-corrected chi connectivity index (χ1v) is 11.7. The first-order valence-electron chi connectivity index (χ1n) is 11.7. The van der Waals surface area contributed by atoms with Crippen molar-refractivity contribution in [2.75, 3.05) is 45.8 Å². The lowest BCUT2D eigenvalue weighted by atomic mass is 9.57. The largest absolute Gasteiger partial charge is 0.303 e. The van der Waals surface area contributed by atoms with Gasteiger partial charge in [-0.1, -0.05) is 13.8 Å². The van der Waals surface area contributed by atoms with Gasteiger partial charge in [0, 0.05) is 38.3 Å². The van der Waals surface area contributed by atoms with E-state index >= 15 is 0 Å². The smallest absolute Gasteiger partial charge is 0.0198 e. The topological polar surface area (TPSA) is 9.72 Å². The molecule has 2 aliphatic heterocycles. The third-order valence-electron chi connectivity index (χ3n) is 8.72. The molecule has 2 heterocycles. The van der Waals surface area contributed by atoms with Gasteiger partial charge in [0.2, 0.25) is 0 Å².